The Morgan fingerprint density at radius 1 is 1.71 bits per heavy atom. The molecule has 0 bridgehead atoms. The Kier molecular flexibility index (Phi) is 1.94. The molecule has 0 saturated heterocycles. The Hall–Kier alpha value is -1.52. The number of nitrogens with two attached hydrogens (primary N) is 1. The van der Waals surface area contributed by atoms with E-state index in [2.05, 4.69) is 16.8 Å². The van der Waals surface area contributed by atoms with Crippen LogP contribution in [0, 0.1) is 0 Å². The Labute approximate surface area is 81.2 Å². The molecule has 2 rings (SSSR count). The quantitative estimate of drug-likeness (QED) is 0.778. The average molecular weight is 196 g/mol. The number of nitrogens with zero attached hydrogens (tertiary/aromatic N) is 1. The fraction of sp³-hybridized carbons (Fsp3) is 0.556. The molecule has 0 unspecified atom stereocenters. The molecule has 1 aromatic rings. The zero-order valence-corrected chi connectivity index (χ0v) is 7.95. The van der Waals surface area contributed by atoms with Gasteiger partial charge in [-0.15, -0.1) is 0 Å². The maximum atomic E-state index is 10.4. The van der Waals surface area contributed by atoms with Crippen LogP contribution in [0.2, 0.25) is 0 Å². The van der Waals surface area contributed by atoms with E-state index in [0.717, 1.165) is 18.5 Å². The third kappa shape index (κ3) is 1.45. The molecule has 0 radical (unpaired) electrons. The first-order valence-corrected chi connectivity index (χ1v) is 4.55. The molecule has 5 heteroatoms. The molecule has 14 heavy (non-hydrogen) atoms. The lowest BCUT2D eigenvalue weighted by atomic mass is 9.68. The predicted octanol–water partition coefficient (Wildman–Crippen LogP) is 1.57. The van der Waals surface area contributed by atoms with E-state index in [4.69, 9.17) is 10.3 Å². The lowest BCUT2D eigenvalue weighted by molar-refractivity contribution is 0.188. The standard InChI is InChI=1S/C9H12N2O3/c1-9(3-2-4-9)6-5-7(14-11-6)13-8(10)12/h5H,2-4H2,1H3,(H2,10,12). The second kappa shape index (κ2) is 3.01. The minimum absolute atomic E-state index is 0.0700. The second-order valence-electron chi connectivity index (χ2n) is 3.87. The van der Waals surface area contributed by atoms with Gasteiger partial charge in [-0.25, -0.2) is 4.79 Å². The Balaban J connectivity index is 2.13. The molecule has 1 amide bonds. The van der Waals surface area contributed by atoms with E-state index >= 15 is 0 Å². The molecule has 0 spiro atoms. The summed E-state index contributed by atoms with van der Waals surface area (Å²) in [5, 5.41) is 3.86. The van der Waals surface area contributed by atoms with E-state index < -0.39 is 6.09 Å². The van der Waals surface area contributed by atoms with Crippen LogP contribution in [-0.4, -0.2) is 11.2 Å². The largest absolute Gasteiger partial charge is 0.412 e. The summed E-state index contributed by atoms with van der Waals surface area (Å²) < 4.78 is 9.39. The molecule has 1 aliphatic carbocycles. The molecule has 5 nitrogen and oxygen atoms in total. The molecule has 0 aliphatic heterocycles. The molecule has 76 valence electrons. The topological polar surface area (TPSA) is 78.4 Å². The number of ether oxygens (including phenoxy) is 1. The van der Waals surface area contributed by atoms with Gasteiger partial charge in [0.1, 0.15) is 0 Å². The Morgan fingerprint density at radius 2 is 2.43 bits per heavy atom. The zero-order valence-electron chi connectivity index (χ0n) is 7.95. The lowest BCUT2D eigenvalue weighted by Crippen LogP contribution is -2.30. The molecular weight excluding hydrogens is 184 g/mol. The predicted molar refractivity (Wildman–Crippen MR) is 47.9 cm³/mol. The van der Waals surface area contributed by atoms with Gasteiger partial charge in [-0.2, -0.15) is 0 Å². The van der Waals surface area contributed by atoms with Gasteiger partial charge in [0.05, 0.1) is 5.69 Å². The van der Waals surface area contributed by atoms with E-state index in [-0.39, 0.29) is 11.4 Å². The van der Waals surface area contributed by atoms with E-state index in [1.165, 1.54) is 6.42 Å². The molecule has 1 aliphatic rings. The van der Waals surface area contributed by atoms with Crippen LogP contribution < -0.4 is 10.5 Å². The highest BCUT2D eigenvalue weighted by Gasteiger charge is 2.36. The minimum Gasteiger partial charge on any atom is -0.374 e. The SMILES string of the molecule is CC1(c2cc(OC(N)=O)on2)CCC1. The van der Waals surface area contributed by atoms with Crippen LogP contribution in [0.5, 0.6) is 5.95 Å². The fourth-order valence-electron chi connectivity index (χ4n) is 1.65. The normalized spacial score (nSPS) is 18.6. The van der Waals surface area contributed by atoms with Crippen molar-refractivity contribution >= 4 is 6.09 Å². The number of carbonyl (C=O) groups excluding carboxylic acids is 1. The smallest absolute Gasteiger partial charge is 0.374 e. The third-order valence-corrected chi connectivity index (χ3v) is 2.77. The van der Waals surface area contributed by atoms with Crippen LogP contribution in [0.15, 0.2) is 10.6 Å². The van der Waals surface area contributed by atoms with Gasteiger partial charge in [-0.1, -0.05) is 18.5 Å². The molecule has 0 aromatic carbocycles. The van der Waals surface area contributed by atoms with E-state index in [1.54, 1.807) is 6.07 Å². The Bertz CT molecular complexity index is 355. The summed E-state index contributed by atoms with van der Waals surface area (Å²) in [5.74, 6) is 0.0700. The van der Waals surface area contributed by atoms with Crippen LogP contribution in [-0.2, 0) is 5.41 Å². The molecular formula is C9H12N2O3. The number of carbonyl (C=O) groups is 1. The number of rotatable bonds is 2. The molecule has 0 atom stereocenters. The minimum atomic E-state index is -0.883. The van der Waals surface area contributed by atoms with Gasteiger partial charge in [-0.05, 0) is 12.8 Å². The maximum Gasteiger partial charge on any atom is 0.412 e. The van der Waals surface area contributed by atoms with Crippen molar-refractivity contribution < 1.29 is 14.1 Å². The van der Waals surface area contributed by atoms with E-state index in [1.807, 2.05) is 0 Å². The van der Waals surface area contributed by atoms with Gasteiger partial charge in [-0.3, -0.25) is 0 Å². The van der Waals surface area contributed by atoms with Crippen molar-refractivity contribution in [3.63, 3.8) is 0 Å². The number of primary amides is 1. The van der Waals surface area contributed by atoms with Gasteiger partial charge >= 0.3 is 12.0 Å². The zero-order chi connectivity index (χ0) is 10.2. The summed E-state index contributed by atoms with van der Waals surface area (Å²) in [5.41, 5.74) is 5.76. The van der Waals surface area contributed by atoms with Gasteiger partial charge in [0, 0.05) is 11.5 Å². The number of aromatic nitrogens is 1. The first kappa shape index (κ1) is 9.05. The summed E-state index contributed by atoms with van der Waals surface area (Å²) in [4.78, 5) is 10.4. The van der Waals surface area contributed by atoms with Crippen molar-refractivity contribution in [3.8, 4) is 5.95 Å². The highest BCUT2D eigenvalue weighted by Crippen LogP contribution is 2.43. The van der Waals surface area contributed by atoms with Crippen LogP contribution in [0.3, 0.4) is 0 Å². The van der Waals surface area contributed by atoms with Crippen LogP contribution in [0.25, 0.3) is 0 Å². The van der Waals surface area contributed by atoms with Crippen molar-refractivity contribution in [1.82, 2.24) is 5.16 Å². The summed E-state index contributed by atoms with van der Waals surface area (Å²) in [6, 6.07) is 1.63. The molecule has 2 N–H and O–H groups in total. The maximum absolute atomic E-state index is 10.4. The highest BCUT2D eigenvalue weighted by molar-refractivity contribution is 5.67. The number of hydrogen-bond donors (Lipinski definition) is 1. The van der Waals surface area contributed by atoms with Gasteiger partial charge < -0.3 is 15.0 Å². The number of amides is 1. The monoisotopic (exact) mass is 196 g/mol. The fourth-order valence-corrected chi connectivity index (χ4v) is 1.65. The summed E-state index contributed by atoms with van der Waals surface area (Å²) in [6.45, 7) is 2.11. The van der Waals surface area contributed by atoms with Gasteiger partial charge in [0.2, 0.25) is 0 Å². The summed E-state index contributed by atoms with van der Waals surface area (Å²) in [7, 11) is 0. The van der Waals surface area contributed by atoms with Crippen molar-refractivity contribution in [3.05, 3.63) is 11.8 Å². The number of hydrogen-bond acceptors (Lipinski definition) is 4. The highest BCUT2D eigenvalue weighted by atomic mass is 16.7. The van der Waals surface area contributed by atoms with Crippen molar-refractivity contribution in [2.75, 3.05) is 0 Å². The van der Waals surface area contributed by atoms with E-state index in [9.17, 15) is 4.79 Å². The summed E-state index contributed by atoms with van der Waals surface area (Å²) >= 11 is 0. The van der Waals surface area contributed by atoms with Crippen LogP contribution in [0.1, 0.15) is 31.9 Å². The van der Waals surface area contributed by atoms with Crippen molar-refractivity contribution in [2.45, 2.75) is 31.6 Å². The van der Waals surface area contributed by atoms with Crippen LogP contribution in [0.4, 0.5) is 4.79 Å². The van der Waals surface area contributed by atoms with Crippen molar-refractivity contribution in [2.24, 2.45) is 5.73 Å². The second-order valence-corrected chi connectivity index (χ2v) is 3.87. The van der Waals surface area contributed by atoms with E-state index in [0.29, 0.717) is 0 Å². The van der Waals surface area contributed by atoms with Gasteiger partial charge in [0.15, 0.2) is 0 Å². The van der Waals surface area contributed by atoms with Crippen molar-refractivity contribution in [1.29, 1.82) is 0 Å². The molecule has 1 saturated carbocycles. The summed E-state index contributed by atoms with van der Waals surface area (Å²) in [6.07, 6.45) is 2.51. The first-order chi connectivity index (χ1) is 6.60. The first-order valence-electron chi connectivity index (χ1n) is 4.55. The molecule has 1 aromatic heterocycles. The van der Waals surface area contributed by atoms with Crippen LogP contribution >= 0.6 is 0 Å². The third-order valence-electron chi connectivity index (χ3n) is 2.77. The Morgan fingerprint density at radius 3 is 2.93 bits per heavy atom. The molecule has 1 fully saturated rings. The average Bonchev–Trinajstić information content (AvgIpc) is 2.47. The lowest BCUT2D eigenvalue weighted by Gasteiger charge is -2.35. The van der Waals surface area contributed by atoms with Gasteiger partial charge in [0.25, 0.3) is 0 Å². The molecule has 1 heterocycles.